The number of benzene rings is 1. The molecule has 0 aromatic heterocycles. The Labute approximate surface area is 114 Å². The van der Waals surface area contributed by atoms with Crippen molar-refractivity contribution in [3.63, 3.8) is 0 Å². The van der Waals surface area contributed by atoms with Gasteiger partial charge in [-0.2, -0.15) is 5.10 Å². The molecule has 0 fully saturated rings. The average Bonchev–Trinajstić information content (AvgIpc) is 2.80. The summed E-state index contributed by atoms with van der Waals surface area (Å²) in [5.41, 5.74) is 2.60. The van der Waals surface area contributed by atoms with Crippen molar-refractivity contribution in [3.05, 3.63) is 33.9 Å². The van der Waals surface area contributed by atoms with Crippen LogP contribution in [-0.4, -0.2) is 35.4 Å². The highest BCUT2D eigenvalue weighted by molar-refractivity contribution is 6.17. The summed E-state index contributed by atoms with van der Waals surface area (Å²) in [5, 5.41) is 24.0. The van der Waals surface area contributed by atoms with Gasteiger partial charge in [-0.3, -0.25) is 14.9 Å². The third kappa shape index (κ3) is 2.45. The molecule has 1 aliphatic rings. The van der Waals surface area contributed by atoms with E-state index in [9.17, 15) is 14.9 Å². The average molecular weight is 279 g/mol. The molecule has 1 aromatic carbocycles. The van der Waals surface area contributed by atoms with Gasteiger partial charge in [-0.05, 0) is 18.6 Å². The first kappa shape index (κ1) is 13.9. The zero-order chi connectivity index (χ0) is 14.7. The van der Waals surface area contributed by atoms with Gasteiger partial charge in [-0.15, -0.1) is 0 Å². The van der Waals surface area contributed by atoms with Crippen molar-refractivity contribution in [1.29, 1.82) is 0 Å². The van der Waals surface area contributed by atoms with E-state index in [2.05, 4.69) is 10.5 Å². The Balaban J connectivity index is 2.46. The van der Waals surface area contributed by atoms with Crippen LogP contribution in [0, 0.1) is 16.0 Å². The first-order chi connectivity index (χ1) is 9.58. The van der Waals surface area contributed by atoms with Crippen LogP contribution in [-0.2, 0) is 4.79 Å². The fourth-order valence-electron chi connectivity index (χ4n) is 2.05. The molecule has 20 heavy (non-hydrogen) atoms. The Morgan fingerprint density at radius 1 is 1.55 bits per heavy atom. The minimum Gasteiger partial charge on any atom is -0.497 e. The van der Waals surface area contributed by atoms with E-state index in [4.69, 9.17) is 9.84 Å². The maximum atomic E-state index is 11.6. The number of nitro groups is 1. The fourth-order valence-corrected chi connectivity index (χ4v) is 2.05. The Morgan fingerprint density at radius 2 is 2.30 bits per heavy atom. The van der Waals surface area contributed by atoms with Crippen LogP contribution >= 0.6 is 0 Å². The number of carbonyl (C=O) groups is 1. The van der Waals surface area contributed by atoms with E-state index in [1.807, 2.05) is 0 Å². The fraction of sp³-hybridized carbons (Fsp3) is 0.333. The number of carbonyl (C=O) groups excluding carboxylic acids is 1. The number of methoxy groups -OCH3 is 1. The van der Waals surface area contributed by atoms with Gasteiger partial charge in [0.15, 0.2) is 0 Å². The molecule has 1 atom stereocenters. The first-order valence-electron chi connectivity index (χ1n) is 5.89. The second-order valence-corrected chi connectivity index (χ2v) is 4.18. The molecule has 2 rings (SSSR count). The van der Waals surface area contributed by atoms with E-state index in [-0.39, 0.29) is 35.9 Å². The lowest BCUT2D eigenvalue weighted by atomic mass is 9.93. The Hall–Kier alpha value is -2.48. The van der Waals surface area contributed by atoms with Gasteiger partial charge in [0.25, 0.3) is 5.69 Å². The summed E-state index contributed by atoms with van der Waals surface area (Å²) in [7, 11) is 1.41. The number of aliphatic hydroxyl groups excluding tert-OH is 1. The van der Waals surface area contributed by atoms with Gasteiger partial charge in [0.05, 0.1) is 35.3 Å². The van der Waals surface area contributed by atoms with Gasteiger partial charge in [0.1, 0.15) is 5.75 Å². The molecule has 0 radical (unpaired) electrons. The molecule has 8 heteroatoms. The second kappa shape index (κ2) is 5.66. The molecule has 1 unspecified atom stereocenters. The summed E-state index contributed by atoms with van der Waals surface area (Å²) in [6.07, 6.45) is 0.161. The van der Waals surface area contributed by atoms with E-state index in [0.29, 0.717) is 5.75 Å². The number of aliphatic hydroxyl groups is 1. The van der Waals surface area contributed by atoms with E-state index in [1.54, 1.807) is 6.07 Å². The molecule has 0 aliphatic carbocycles. The van der Waals surface area contributed by atoms with Gasteiger partial charge in [0.2, 0.25) is 5.91 Å². The predicted octanol–water partition coefficient (Wildman–Crippen LogP) is 0.436. The van der Waals surface area contributed by atoms with Crippen molar-refractivity contribution < 1.29 is 19.6 Å². The number of hydrazone groups is 1. The molecule has 1 aromatic rings. The van der Waals surface area contributed by atoms with E-state index >= 15 is 0 Å². The highest BCUT2D eigenvalue weighted by Crippen LogP contribution is 2.29. The molecule has 0 bridgehead atoms. The Bertz CT molecular complexity index is 584. The van der Waals surface area contributed by atoms with Crippen molar-refractivity contribution in [2.24, 2.45) is 11.0 Å². The highest BCUT2D eigenvalue weighted by atomic mass is 16.6. The lowest BCUT2D eigenvalue weighted by molar-refractivity contribution is -0.385. The number of nitrogens with one attached hydrogen (secondary N) is 1. The summed E-state index contributed by atoms with van der Waals surface area (Å²) in [5.74, 6) is -0.719. The van der Waals surface area contributed by atoms with Crippen molar-refractivity contribution in [2.45, 2.75) is 6.42 Å². The molecule has 0 saturated heterocycles. The van der Waals surface area contributed by atoms with Crippen molar-refractivity contribution in [3.8, 4) is 5.75 Å². The lowest BCUT2D eigenvalue weighted by Crippen LogP contribution is -2.25. The summed E-state index contributed by atoms with van der Waals surface area (Å²) in [6, 6.07) is 4.32. The summed E-state index contributed by atoms with van der Waals surface area (Å²) >= 11 is 0. The zero-order valence-electron chi connectivity index (χ0n) is 10.7. The number of hydrogen-bond donors (Lipinski definition) is 2. The van der Waals surface area contributed by atoms with Crippen molar-refractivity contribution in [1.82, 2.24) is 5.43 Å². The van der Waals surface area contributed by atoms with Crippen LogP contribution in [0.5, 0.6) is 5.75 Å². The molecule has 106 valence electrons. The number of rotatable bonds is 5. The standard InChI is InChI=1S/C12H13N3O5/c1-20-7-2-3-8(10(6-7)15(18)19)11-9(4-5-16)12(17)14-13-11/h2-3,6,9,16H,4-5H2,1H3,(H,14,17). The topological polar surface area (TPSA) is 114 Å². The highest BCUT2D eigenvalue weighted by Gasteiger charge is 2.34. The summed E-state index contributed by atoms with van der Waals surface area (Å²) in [4.78, 5) is 22.2. The molecule has 1 heterocycles. The lowest BCUT2D eigenvalue weighted by Gasteiger charge is -2.10. The molecule has 1 aliphatic heterocycles. The molecule has 1 amide bonds. The number of hydrogen-bond acceptors (Lipinski definition) is 6. The summed E-state index contributed by atoms with van der Waals surface area (Å²) in [6.45, 7) is -0.207. The molecular weight excluding hydrogens is 266 g/mol. The van der Waals surface area contributed by atoms with Crippen molar-refractivity contribution >= 4 is 17.3 Å². The van der Waals surface area contributed by atoms with Gasteiger partial charge < -0.3 is 9.84 Å². The smallest absolute Gasteiger partial charge is 0.282 e. The predicted molar refractivity (Wildman–Crippen MR) is 69.5 cm³/mol. The molecule has 0 spiro atoms. The third-order valence-electron chi connectivity index (χ3n) is 3.03. The van der Waals surface area contributed by atoms with Gasteiger partial charge >= 0.3 is 0 Å². The van der Waals surface area contributed by atoms with E-state index in [1.165, 1.54) is 19.2 Å². The van der Waals surface area contributed by atoms with Crippen molar-refractivity contribution in [2.75, 3.05) is 13.7 Å². The van der Waals surface area contributed by atoms with E-state index < -0.39 is 10.8 Å². The van der Waals surface area contributed by atoms with Crippen LogP contribution in [0.2, 0.25) is 0 Å². The minimum absolute atomic E-state index is 0.161. The minimum atomic E-state index is -0.688. The van der Waals surface area contributed by atoms with Crippen LogP contribution in [0.25, 0.3) is 0 Å². The van der Waals surface area contributed by atoms with Crippen LogP contribution in [0.1, 0.15) is 12.0 Å². The van der Waals surface area contributed by atoms with Crippen LogP contribution < -0.4 is 10.2 Å². The molecule has 2 N–H and O–H groups in total. The number of nitro benzene ring substituents is 1. The second-order valence-electron chi connectivity index (χ2n) is 4.18. The van der Waals surface area contributed by atoms with Gasteiger partial charge in [0, 0.05) is 6.61 Å². The van der Waals surface area contributed by atoms with E-state index in [0.717, 1.165) is 0 Å². The van der Waals surface area contributed by atoms with Gasteiger partial charge in [-0.25, -0.2) is 5.43 Å². The first-order valence-corrected chi connectivity index (χ1v) is 5.89. The maximum Gasteiger partial charge on any atom is 0.282 e. The normalized spacial score (nSPS) is 17.6. The molecular formula is C12H13N3O5. The number of amides is 1. The van der Waals surface area contributed by atoms with Crippen LogP contribution in [0.4, 0.5) is 5.69 Å². The Morgan fingerprint density at radius 3 is 2.90 bits per heavy atom. The quantitative estimate of drug-likeness (QED) is 0.599. The zero-order valence-corrected chi connectivity index (χ0v) is 10.7. The van der Waals surface area contributed by atoms with Gasteiger partial charge in [-0.1, -0.05) is 0 Å². The maximum absolute atomic E-state index is 11.6. The number of nitrogens with zero attached hydrogens (tertiary/aromatic N) is 2. The SMILES string of the molecule is COc1ccc(C2=NNC(=O)C2CCO)c([N+](=O)[O-])c1. The largest absolute Gasteiger partial charge is 0.497 e. The Kier molecular flexibility index (Phi) is 3.94. The molecule has 0 saturated carbocycles. The molecule has 8 nitrogen and oxygen atoms in total. The van der Waals surface area contributed by atoms with Crippen LogP contribution in [0.3, 0.4) is 0 Å². The number of ether oxygens (including phenoxy) is 1. The van der Waals surface area contributed by atoms with Crippen LogP contribution in [0.15, 0.2) is 23.3 Å². The third-order valence-corrected chi connectivity index (χ3v) is 3.03. The monoisotopic (exact) mass is 279 g/mol. The summed E-state index contributed by atoms with van der Waals surface area (Å²) < 4.78 is 4.95.